The van der Waals surface area contributed by atoms with Crippen LogP contribution in [0.2, 0.25) is 0 Å². The Morgan fingerprint density at radius 3 is 2.60 bits per heavy atom. The third-order valence-corrected chi connectivity index (χ3v) is 3.37. The van der Waals surface area contributed by atoms with Crippen molar-refractivity contribution >= 4 is 16.5 Å². The highest BCUT2D eigenvalue weighted by Gasteiger charge is 2.09. The van der Waals surface area contributed by atoms with Crippen molar-refractivity contribution in [1.82, 2.24) is 9.78 Å². The Morgan fingerprint density at radius 1 is 1.10 bits per heavy atom. The van der Waals surface area contributed by atoms with Crippen molar-refractivity contribution in [2.24, 2.45) is 5.92 Å². The van der Waals surface area contributed by atoms with Gasteiger partial charge < -0.3 is 5.73 Å². The van der Waals surface area contributed by atoms with Crippen LogP contribution >= 0.6 is 0 Å². The van der Waals surface area contributed by atoms with Gasteiger partial charge in [0.15, 0.2) is 0 Å². The van der Waals surface area contributed by atoms with Crippen LogP contribution in [0.25, 0.3) is 22.0 Å². The molecule has 0 aliphatic carbocycles. The smallest absolute Gasteiger partial charge is 0.115 e. The number of aromatic nitrogens is 2. The maximum atomic E-state index is 6.11. The Balaban J connectivity index is 2.04. The van der Waals surface area contributed by atoms with Gasteiger partial charge >= 0.3 is 0 Å². The van der Waals surface area contributed by atoms with Gasteiger partial charge in [0.25, 0.3) is 0 Å². The minimum absolute atomic E-state index is 0.554. The molecule has 0 aliphatic rings. The molecule has 0 saturated heterocycles. The lowest BCUT2D eigenvalue weighted by Gasteiger charge is -2.04. The maximum absolute atomic E-state index is 6.11. The summed E-state index contributed by atoms with van der Waals surface area (Å²) in [5.74, 6) is 0.554. The largest absolute Gasteiger partial charge is 0.396 e. The van der Waals surface area contributed by atoms with E-state index in [0.29, 0.717) is 5.92 Å². The minimum atomic E-state index is 0.554. The minimum Gasteiger partial charge on any atom is -0.396 e. The highest BCUT2D eigenvalue weighted by atomic mass is 15.3. The maximum Gasteiger partial charge on any atom is 0.115 e. The van der Waals surface area contributed by atoms with Crippen molar-refractivity contribution in [3.05, 3.63) is 48.7 Å². The lowest BCUT2D eigenvalue weighted by molar-refractivity contribution is 0.484. The number of hydrogen-bond donors (Lipinski definition) is 1. The van der Waals surface area contributed by atoms with Crippen LogP contribution in [0.1, 0.15) is 13.8 Å². The van der Waals surface area contributed by atoms with E-state index in [1.807, 2.05) is 23.0 Å². The van der Waals surface area contributed by atoms with Crippen LogP contribution in [0.15, 0.2) is 48.7 Å². The Labute approximate surface area is 119 Å². The fourth-order valence-corrected chi connectivity index (χ4v) is 2.47. The van der Waals surface area contributed by atoms with E-state index in [9.17, 15) is 0 Å². The van der Waals surface area contributed by atoms with Gasteiger partial charge in [-0.3, -0.25) is 4.68 Å². The van der Waals surface area contributed by atoms with Crippen LogP contribution < -0.4 is 5.73 Å². The number of nitrogen functional groups attached to an aromatic ring is 1. The third kappa shape index (κ3) is 2.39. The van der Waals surface area contributed by atoms with E-state index in [1.54, 1.807) is 0 Å². The van der Waals surface area contributed by atoms with E-state index in [2.05, 4.69) is 49.3 Å². The van der Waals surface area contributed by atoms with E-state index >= 15 is 0 Å². The number of hydrogen-bond acceptors (Lipinski definition) is 2. The average Bonchev–Trinajstić information content (AvgIpc) is 2.78. The molecule has 0 saturated carbocycles. The molecule has 2 N–H and O–H groups in total. The van der Waals surface area contributed by atoms with Crippen molar-refractivity contribution in [2.45, 2.75) is 20.4 Å². The van der Waals surface area contributed by atoms with Crippen molar-refractivity contribution < 1.29 is 0 Å². The number of anilines is 1. The first-order valence-electron chi connectivity index (χ1n) is 6.95. The van der Waals surface area contributed by atoms with Gasteiger partial charge in [-0.15, -0.1) is 0 Å². The number of benzene rings is 2. The zero-order valence-corrected chi connectivity index (χ0v) is 11.9. The SMILES string of the molecule is CC(C)Cn1cc(N)c(-c2ccc3ccccc3c2)n1. The van der Waals surface area contributed by atoms with Gasteiger partial charge in [0.05, 0.1) is 5.69 Å². The Morgan fingerprint density at radius 2 is 1.85 bits per heavy atom. The fraction of sp³-hybridized carbons (Fsp3) is 0.235. The van der Waals surface area contributed by atoms with E-state index in [-0.39, 0.29) is 0 Å². The van der Waals surface area contributed by atoms with Crippen LogP contribution in [0, 0.1) is 5.92 Å². The Kier molecular flexibility index (Phi) is 3.18. The van der Waals surface area contributed by atoms with Gasteiger partial charge in [-0.2, -0.15) is 5.10 Å². The van der Waals surface area contributed by atoms with E-state index in [0.717, 1.165) is 23.5 Å². The monoisotopic (exact) mass is 265 g/mol. The van der Waals surface area contributed by atoms with Crippen molar-refractivity contribution in [2.75, 3.05) is 5.73 Å². The number of nitrogens with two attached hydrogens (primary N) is 1. The fourth-order valence-electron chi connectivity index (χ4n) is 2.47. The molecule has 0 atom stereocenters. The highest BCUT2D eigenvalue weighted by molar-refractivity contribution is 5.88. The van der Waals surface area contributed by atoms with Gasteiger partial charge in [0.1, 0.15) is 5.69 Å². The predicted molar refractivity (Wildman–Crippen MR) is 84.4 cm³/mol. The van der Waals surface area contributed by atoms with Crippen molar-refractivity contribution in [3.8, 4) is 11.3 Å². The van der Waals surface area contributed by atoms with Gasteiger partial charge in [-0.25, -0.2) is 0 Å². The summed E-state index contributed by atoms with van der Waals surface area (Å²) in [6.45, 7) is 5.24. The molecule has 0 amide bonds. The van der Waals surface area contributed by atoms with Crippen molar-refractivity contribution in [3.63, 3.8) is 0 Å². The predicted octanol–water partition coefficient (Wildman–Crippen LogP) is 3.94. The lowest BCUT2D eigenvalue weighted by Crippen LogP contribution is -2.04. The molecule has 0 aliphatic heterocycles. The normalized spacial score (nSPS) is 11.3. The third-order valence-electron chi connectivity index (χ3n) is 3.37. The summed E-state index contributed by atoms with van der Waals surface area (Å²) in [4.78, 5) is 0. The summed E-state index contributed by atoms with van der Waals surface area (Å²) in [5, 5.41) is 7.06. The van der Waals surface area contributed by atoms with Gasteiger partial charge in [0, 0.05) is 18.3 Å². The van der Waals surface area contributed by atoms with E-state index < -0.39 is 0 Å². The average molecular weight is 265 g/mol. The van der Waals surface area contributed by atoms with Crippen LogP contribution in [0.4, 0.5) is 5.69 Å². The zero-order valence-electron chi connectivity index (χ0n) is 11.9. The molecule has 2 aromatic carbocycles. The molecule has 102 valence electrons. The molecular weight excluding hydrogens is 246 g/mol. The first kappa shape index (κ1) is 12.7. The molecule has 0 radical (unpaired) electrons. The summed E-state index contributed by atoms with van der Waals surface area (Å²) >= 11 is 0. The molecule has 0 bridgehead atoms. The highest BCUT2D eigenvalue weighted by Crippen LogP contribution is 2.27. The summed E-state index contributed by atoms with van der Waals surface area (Å²) < 4.78 is 1.94. The first-order valence-corrected chi connectivity index (χ1v) is 6.95. The summed E-state index contributed by atoms with van der Waals surface area (Å²) in [6, 6.07) is 14.7. The van der Waals surface area contributed by atoms with Crippen molar-refractivity contribution in [1.29, 1.82) is 0 Å². The first-order chi connectivity index (χ1) is 9.63. The molecular formula is C17H19N3. The van der Waals surface area contributed by atoms with Gasteiger partial charge in [0.2, 0.25) is 0 Å². The molecule has 3 rings (SSSR count). The molecule has 3 nitrogen and oxygen atoms in total. The molecule has 3 aromatic rings. The number of fused-ring (bicyclic) bond motifs is 1. The molecule has 0 spiro atoms. The van der Waals surface area contributed by atoms with Gasteiger partial charge in [-0.1, -0.05) is 50.2 Å². The van der Waals surface area contributed by atoms with Gasteiger partial charge in [-0.05, 0) is 22.8 Å². The molecule has 3 heteroatoms. The molecule has 0 fully saturated rings. The second kappa shape index (κ2) is 5.00. The molecule has 1 heterocycles. The summed E-state index contributed by atoms with van der Waals surface area (Å²) in [7, 11) is 0. The van der Waals surface area contributed by atoms with E-state index in [4.69, 9.17) is 5.73 Å². The second-order valence-corrected chi connectivity index (χ2v) is 5.61. The Bertz CT molecular complexity index is 741. The van der Waals surface area contributed by atoms with Crippen LogP contribution in [-0.2, 0) is 6.54 Å². The standard InChI is InChI=1S/C17H19N3/c1-12(2)10-20-11-16(18)17(19-20)15-8-7-13-5-3-4-6-14(13)9-15/h3-9,11-12H,10,18H2,1-2H3. The van der Waals surface area contributed by atoms with E-state index in [1.165, 1.54) is 10.8 Å². The topological polar surface area (TPSA) is 43.8 Å². The number of nitrogens with zero attached hydrogens (tertiary/aromatic N) is 2. The lowest BCUT2D eigenvalue weighted by atomic mass is 10.0. The molecule has 1 aromatic heterocycles. The number of rotatable bonds is 3. The van der Waals surface area contributed by atoms with Crippen LogP contribution in [-0.4, -0.2) is 9.78 Å². The second-order valence-electron chi connectivity index (χ2n) is 5.61. The zero-order chi connectivity index (χ0) is 14.1. The quantitative estimate of drug-likeness (QED) is 0.779. The Hall–Kier alpha value is -2.29. The van der Waals surface area contributed by atoms with Crippen LogP contribution in [0.3, 0.4) is 0 Å². The summed E-state index contributed by atoms with van der Waals surface area (Å²) in [6.07, 6.45) is 1.92. The molecule has 20 heavy (non-hydrogen) atoms. The summed E-state index contributed by atoms with van der Waals surface area (Å²) in [5.41, 5.74) is 8.79. The molecule has 0 unspecified atom stereocenters. The van der Waals surface area contributed by atoms with Crippen LogP contribution in [0.5, 0.6) is 0 Å².